The lowest BCUT2D eigenvalue weighted by molar-refractivity contribution is -0.143. The van der Waals surface area contributed by atoms with Crippen LogP contribution in [-0.2, 0) is 14.3 Å². The van der Waals surface area contributed by atoms with Gasteiger partial charge in [-0.15, -0.1) is 0 Å². The molecule has 1 aromatic carbocycles. The summed E-state index contributed by atoms with van der Waals surface area (Å²) in [5.74, 6) is 0.242. The Morgan fingerprint density at radius 1 is 1.35 bits per heavy atom. The topological polar surface area (TPSA) is 57.1 Å². The molecular weight excluding hydrogens is 222 g/mol. The Bertz CT molecular complexity index is 444. The average molecular weight is 235 g/mol. The van der Waals surface area contributed by atoms with Crippen LogP contribution in [0.2, 0.25) is 0 Å². The van der Waals surface area contributed by atoms with Crippen LogP contribution in [0.3, 0.4) is 0 Å². The second-order valence-electron chi connectivity index (χ2n) is 3.52. The predicted octanol–water partition coefficient (Wildman–Crippen LogP) is 1.34. The molecule has 0 saturated carbocycles. The van der Waals surface area contributed by atoms with Gasteiger partial charge in [0.1, 0.15) is 5.75 Å². The summed E-state index contributed by atoms with van der Waals surface area (Å²) in [6.07, 6.45) is 0.789. The molecule has 0 unspecified atom stereocenters. The lowest BCUT2D eigenvalue weighted by atomic mass is 10.0. The van der Waals surface area contributed by atoms with Gasteiger partial charge in [-0.25, -0.2) is 9.79 Å². The number of hydrogen-bond acceptors (Lipinski definition) is 5. The molecule has 0 bridgehead atoms. The number of nitrogens with zero attached hydrogens (tertiary/aromatic N) is 1. The number of ether oxygens (including phenoxy) is 3. The molecule has 0 amide bonds. The van der Waals surface area contributed by atoms with E-state index in [1.807, 2.05) is 24.3 Å². The SMILES string of the molecule is COC(=O)[C@H]1N=CO[C@H]1c1ccccc1OC. The number of carbonyl (C=O) groups is 1. The largest absolute Gasteiger partial charge is 0.496 e. The number of aliphatic imine (C=N–C) groups is 1. The number of hydrogen-bond donors (Lipinski definition) is 0. The van der Waals surface area contributed by atoms with Crippen molar-refractivity contribution in [3.05, 3.63) is 29.8 Å². The van der Waals surface area contributed by atoms with Gasteiger partial charge in [0.25, 0.3) is 0 Å². The minimum atomic E-state index is -0.670. The molecule has 5 nitrogen and oxygen atoms in total. The zero-order valence-electron chi connectivity index (χ0n) is 9.62. The number of benzene rings is 1. The van der Waals surface area contributed by atoms with Crippen LogP contribution in [0.5, 0.6) is 5.75 Å². The van der Waals surface area contributed by atoms with Gasteiger partial charge in [0.2, 0.25) is 0 Å². The van der Waals surface area contributed by atoms with Gasteiger partial charge in [0, 0.05) is 5.56 Å². The molecule has 0 radical (unpaired) electrons. The number of rotatable bonds is 3. The van der Waals surface area contributed by atoms with Gasteiger partial charge in [-0.2, -0.15) is 0 Å². The fourth-order valence-corrected chi connectivity index (χ4v) is 1.77. The van der Waals surface area contributed by atoms with Gasteiger partial charge < -0.3 is 14.2 Å². The van der Waals surface area contributed by atoms with Gasteiger partial charge in [-0.05, 0) is 6.07 Å². The van der Waals surface area contributed by atoms with Crippen LogP contribution in [0.25, 0.3) is 0 Å². The lowest BCUT2D eigenvalue weighted by Crippen LogP contribution is -2.25. The summed E-state index contributed by atoms with van der Waals surface area (Å²) in [6, 6.07) is 6.69. The molecule has 0 aliphatic carbocycles. The fourth-order valence-electron chi connectivity index (χ4n) is 1.77. The molecule has 1 aliphatic rings. The monoisotopic (exact) mass is 235 g/mol. The van der Waals surface area contributed by atoms with Crippen LogP contribution in [0.15, 0.2) is 29.3 Å². The Morgan fingerprint density at radius 2 is 2.12 bits per heavy atom. The van der Waals surface area contributed by atoms with Crippen LogP contribution in [0.4, 0.5) is 0 Å². The first kappa shape index (κ1) is 11.4. The maximum Gasteiger partial charge on any atom is 0.334 e. The van der Waals surface area contributed by atoms with Crippen molar-refractivity contribution in [1.29, 1.82) is 0 Å². The second-order valence-corrected chi connectivity index (χ2v) is 3.52. The highest BCUT2D eigenvalue weighted by Crippen LogP contribution is 2.33. The van der Waals surface area contributed by atoms with Crippen molar-refractivity contribution in [3.63, 3.8) is 0 Å². The molecule has 1 aliphatic heterocycles. The summed E-state index contributed by atoms with van der Waals surface area (Å²) in [4.78, 5) is 15.5. The molecule has 0 fully saturated rings. The maximum atomic E-state index is 11.5. The molecule has 90 valence electrons. The molecular formula is C12H13NO4. The van der Waals surface area contributed by atoms with E-state index in [4.69, 9.17) is 9.47 Å². The Balaban J connectivity index is 2.30. The first-order chi connectivity index (χ1) is 8.27. The number of esters is 1. The summed E-state index contributed by atoms with van der Waals surface area (Å²) < 4.78 is 15.3. The number of para-hydroxylation sites is 1. The van der Waals surface area contributed by atoms with E-state index in [-0.39, 0.29) is 0 Å². The highest BCUT2D eigenvalue weighted by atomic mass is 16.5. The van der Waals surface area contributed by atoms with E-state index in [0.717, 1.165) is 5.56 Å². The molecule has 0 spiro atoms. The van der Waals surface area contributed by atoms with Gasteiger partial charge >= 0.3 is 5.97 Å². The Morgan fingerprint density at radius 3 is 2.82 bits per heavy atom. The first-order valence-corrected chi connectivity index (χ1v) is 5.15. The summed E-state index contributed by atoms with van der Waals surface area (Å²) >= 11 is 0. The molecule has 1 aromatic rings. The normalized spacial score (nSPS) is 22.0. The third kappa shape index (κ3) is 2.08. The van der Waals surface area contributed by atoms with E-state index < -0.39 is 18.1 Å². The molecule has 2 rings (SSSR count). The van der Waals surface area contributed by atoms with Gasteiger partial charge in [0.15, 0.2) is 18.5 Å². The number of methoxy groups -OCH3 is 2. The molecule has 0 N–H and O–H groups in total. The quantitative estimate of drug-likeness (QED) is 0.742. The van der Waals surface area contributed by atoms with E-state index in [1.54, 1.807) is 7.11 Å². The smallest absolute Gasteiger partial charge is 0.334 e. The Kier molecular flexibility index (Phi) is 3.27. The van der Waals surface area contributed by atoms with E-state index >= 15 is 0 Å². The fraction of sp³-hybridized carbons (Fsp3) is 0.333. The zero-order valence-corrected chi connectivity index (χ0v) is 9.62. The molecule has 5 heteroatoms. The molecule has 2 atom stereocenters. The molecule has 0 saturated heterocycles. The van der Waals surface area contributed by atoms with Crippen molar-refractivity contribution < 1.29 is 19.0 Å². The van der Waals surface area contributed by atoms with Crippen molar-refractivity contribution in [2.75, 3.05) is 14.2 Å². The molecule has 17 heavy (non-hydrogen) atoms. The van der Waals surface area contributed by atoms with Crippen LogP contribution < -0.4 is 4.74 Å². The van der Waals surface area contributed by atoms with Crippen molar-refractivity contribution in [1.82, 2.24) is 0 Å². The summed E-state index contributed by atoms with van der Waals surface area (Å²) in [7, 11) is 2.90. The van der Waals surface area contributed by atoms with Gasteiger partial charge in [-0.1, -0.05) is 18.2 Å². The van der Waals surface area contributed by atoms with Gasteiger partial charge in [0.05, 0.1) is 14.2 Å². The summed E-state index contributed by atoms with van der Waals surface area (Å²) in [5, 5.41) is 0. The number of carbonyl (C=O) groups excluding carboxylic acids is 1. The second kappa shape index (κ2) is 4.86. The molecule has 0 aromatic heterocycles. The van der Waals surface area contributed by atoms with Crippen LogP contribution in [0, 0.1) is 0 Å². The lowest BCUT2D eigenvalue weighted by Gasteiger charge is -2.18. The van der Waals surface area contributed by atoms with Crippen LogP contribution >= 0.6 is 0 Å². The molecule has 1 heterocycles. The van der Waals surface area contributed by atoms with E-state index in [9.17, 15) is 4.79 Å². The predicted molar refractivity (Wildman–Crippen MR) is 61.1 cm³/mol. The Labute approximate surface area is 99.0 Å². The first-order valence-electron chi connectivity index (χ1n) is 5.15. The summed E-state index contributed by atoms with van der Waals surface area (Å²) in [5.41, 5.74) is 0.780. The van der Waals surface area contributed by atoms with Gasteiger partial charge in [-0.3, -0.25) is 0 Å². The zero-order chi connectivity index (χ0) is 12.3. The van der Waals surface area contributed by atoms with Crippen molar-refractivity contribution in [2.45, 2.75) is 12.1 Å². The van der Waals surface area contributed by atoms with E-state index in [2.05, 4.69) is 9.73 Å². The summed E-state index contributed by atoms with van der Waals surface area (Å²) in [6.45, 7) is 0. The van der Waals surface area contributed by atoms with Crippen LogP contribution in [0.1, 0.15) is 11.7 Å². The third-order valence-electron chi connectivity index (χ3n) is 2.60. The Hall–Kier alpha value is -2.04. The third-order valence-corrected chi connectivity index (χ3v) is 2.60. The highest BCUT2D eigenvalue weighted by Gasteiger charge is 2.36. The minimum absolute atomic E-state index is 0.422. The average Bonchev–Trinajstić information content (AvgIpc) is 2.86. The van der Waals surface area contributed by atoms with Crippen molar-refractivity contribution in [3.8, 4) is 5.75 Å². The van der Waals surface area contributed by atoms with Crippen LogP contribution in [-0.4, -0.2) is 32.6 Å². The highest BCUT2D eigenvalue weighted by molar-refractivity contribution is 5.80. The van der Waals surface area contributed by atoms with Crippen molar-refractivity contribution in [2.24, 2.45) is 4.99 Å². The van der Waals surface area contributed by atoms with E-state index in [0.29, 0.717) is 5.75 Å². The maximum absolute atomic E-state index is 11.5. The standard InChI is InChI=1S/C12H13NO4/c1-15-9-6-4-3-5-8(9)11-10(12(14)16-2)13-7-17-11/h3-7,10-11H,1-2H3/t10-,11-/m0/s1. The van der Waals surface area contributed by atoms with Crippen molar-refractivity contribution >= 4 is 12.4 Å². The minimum Gasteiger partial charge on any atom is -0.496 e. The van der Waals surface area contributed by atoms with E-state index in [1.165, 1.54) is 13.5 Å².